The van der Waals surface area contributed by atoms with Crippen LogP contribution in [-0.4, -0.2) is 12.6 Å². The molecule has 0 aromatic carbocycles. The van der Waals surface area contributed by atoms with Gasteiger partial charge in [-0.05, 0) is 56.7 Å². The fourth-order valence-corrected chi connectivity index (χ4v) is 4.80. The Morgan fingerprint density at radius 1 is 1.30 bits per heavy atom. The first-order valence-electron chi connectivity index (χ1n) is 8.25. The van der Waals surface area contributed by atoms with Gasteiger partial charge in [-0.2, -0.15) is 0 Å². The van der Waals surface area contributed by atoms with Gasteiger partial charge in [-0.3, -0.25) is 0 Å². The molecule has 0 bridgehead atoms. The summed E-state index contributed by atoms with van der Waals surface area (Å²) in [4.78, 5) is 3.01. The molecule has 0 aliphatic heterocycles. The van der Waals surface area contributed by atoms with Gasteiger partial charge >= 0.3 is 0 Å². The number of hydrogen-bond donors (Lipinski definition) is 1. The summed E-state index contributed by atoms with van der Waals surface area (Å²) in [6.07, 6.45) is 5.34. The van der Waals surface area contributed by atoms with Crippen LogP contribution in [0.15, 0.2) is 12.1 Å². The quantitative estimate of drug-likeness (QED) is 0.792. The van der Waals surface area contributed by atoms with Crippen LogP contribution in [0.25, 0.3) is 0 Å². The van der Waals surface area contributed by atoms with Crippen molar-refractivity contribution in [1.82, 2.24) is 5.32 Å². The van der Waals surface area contributed by atoms with E-state index in [1.165, 1.54) is 30.6 Å². The Hall–Kier alpha value is -0.340. The Morgan fingerprint density at radius 2 is 2.05 bits per heavy atom. The topological polar surface area (TPSA) is 12.0 Å². The Balaban J connectivity index is 2.18. The van der Waals surface area contributed by atoms with Gasteiger partial charge in [0, 0.05) is 21.2 Å². The minimum absolute atomic E-state index is 0.296. The average Bonchev–Trinajstić information content (AvgIpc) is 2.83. The van der Waals surface area contributed by atoms with E-state index in [4.69, 9.17) is 0 Å². The third-order valence-electron chi connectivity index (χ3n) is 5.07. The van der Waals surface area contributed by atoms with Crippen LogP contribution in [0.2, 0.25) is 0 Å². The molecule has 1 fully saturated rings. The largest absolute Gasteiger partial charge is 0.314 e. The lowest BCUT2D eigenvalue weighted by Crippen LogP contribution is -2.48. The maximum Gasteiger partial charge on any atom is 0.0108 e. The molecule has 1 aliphatic rings. The molecule has 20 heavy (non-hydrogen) atoms. The smallest absolute Gasteiger partial charge is 0.0108 e. The molecule has 0 amide bonds. The first-order valence-corrected chi connectivity index (χ1v) is 9.07. The van der Waals surface area contributed by atoms with E-state index in [1.54, 1.807) is 4.88 Å². The molecule has 0 spiro atoms. The number of aryl methyl sites for hydroxylation is 1. The maximum absolute atomic E-state index is 3.84. The van der Waals surface area contributed by atoms with Gasteiger partial charge in [-0.15, -0.1) is 11.3 Å². The lowest BCUT2D eigenvalue weighted by Gasteiger charge is -2.44. The van der Waals surface area contributed by atoms with Gasteiger partial charge in [-0.1, -0.05) is 34.1 Å². The minimum Gasteiger partial charge on any atom is -0.314 e. The molecule has 1 saturated carbocycles. The zero-order valence-electron chi connectivity index (χ0n) is 13.8. The maximum atomic E-state index is 3.84. The van der Waals surface area contributed by atoms with E-state index >= 15 is 0 Å². The standard InChI is InChI=1S/C18H31NS/c1-6-11-19-16-12-13(2)7-9-15(16)18(4,5)17-10-8-14(3)20-17/h8,10,13,15-16,19H,6-7,9,11-12H2,1-5H3. The molecule has 2 heteroatoms. The summed E-state index contributed by atoms with van der Waals surface area (Å²) in [6.45, 7) is 13.0. The molecule has 0 radical (unpaired) electrons. The highest BCUT2D eigenvalue weighted by molar-refractivity contribution is 7.12. The first kappa shape index (κ1) is 16.0. The Bertz CT molecular complexity index is 421. The van der Waals surface area contributed by atoms with Gasteiger partial charge in [0.25, 0.3) is 0 Å². The predicted octanol–water partition coefficient (Wildman–Crippen LogP) is 5.14. The van der Waals surface area contributed by atoms with Crippen molar-refractivity contribution in [3.8, 4) is 0 Å². The molecule has 1 aromatic heterocycles. The molecule has 0 saturated heterocycles. The number of hydrogen-bond acceptors (Lipinski definition) is 2. The summed E-state index contributed by atoms with van der Waals surface area (Å²) in [5.74, 6) is 1.64. The summed E-state index contributed by atoms with van der Waals surface area (Å²) in [5.41, 5.74) is 0.296. The second kappa shape index (κ2) is 6.62. The van der Waals surface area contributed by atoms with Crippen LogP contribution >= 0.6 is 11.3 Å². The van der Waals surface area contributed by atoms with Crippen molar-refractivity contribution in [2.75, 3.05) is 6.54 Å². The highest BCUT2D eigenvalue weighted by Crippen LogP contribution is 2.44. The van der Waals surface area contributed by atoms with E-state index in [-0.39, 0.29) is 0 Å². The second-order valence-electron chi connectivity index (χ2n) is 7.22. The third kappa shape index (κ3) is 3.46. The van der Waals surface area contributed by atoms with Crippen molar-refractivity contribution >= 4 is 11.3 Å². The third-order valence-corrected chi connectivity index (χ3v) is 6.41. The van der Waals surface area contributed by atoms with Crippen molar-refractivity contribution < 1.29 is 0 Å². The number of nitrogens with one attached hydrogen (secondary N) is 1. The average molecular weight is 294 g/mol. The fourth-order valence-electron chi connectivity index (χ4n) is 3.76. The molecule has 3 unspecified atom stereocenters. The summed E-state index contributed by atoms with van der Waals surface area (Å²) >= 11 is 1.99. The van der Waals surface area contributed by atoms with E-state index in [2.05, 4.69) is 52.1 Å². The second-order valence-corrected chi connectivity index (χ2v) is 8.51. The molecule has 1 aliphatic carbocycles. The summed E-state index contributed by atoms with van der Waals surface area (Å²) in [5, 5.41) is 3.84. The van der Waals surface area contributed by atoms with Crippen LogP contribution in [0.5, 0.6) is 0 Å². The van der Waals surface area contributed by atoms with E-state index in [9.17, 15) is 0 Å². The molecular formula is C18H31NS. The van der Waals surface area contributed by atoms with Gasteiger partial charge in [0.1, 0.15) is 0 Å². The van der Waals surface area contributed by atoms with Crippen molar-refractivity contribution in [3.63, 3.8) is 0 Å². The highest BCUT2D eigenvalue weighted by Gasteiger charge is 2.40. The SMILES string of the molecule is CCCNC1CC(C)CCC1C(C)(C)c1ccc(C)s1. The minimum atomic E-state index is 0.296. The van der Waals surface area contributed by atoms with Gasteiger partial charge in [0.2, 0.25) is 0 Å². The Labute approximate surface area is 129 Å². The van der Waals surface area contributed by atoms with Gasteiger partial charge in [0.05, 0.1) is 0 Å². The monoisotopic (exact) mass is 293 g/mol. The fraction of sp³-hybridized carbons (Fsp3) is 0.778. The lowest BCUT2D eigenvalue weighted by molar-refractivity contribution is 0.147. The molecule has 1 N–H and O–H groups in total. The van der Waals surface area contributed by atoms with Gasteiger partial charge in [-0.25, -0.2) is 0 Å². The van der Waals surface area contributed by atoms with Crippen LogP contribution in [0.1, 0.15) is 63.1 Å². The zero-order valence-corrected chi connectivity index (χ0v) is 14.6. The predicted molar refractivity (Wildman–Crippen MR) is 90.7 cm³/mol. The van der Waals surface area contributed by atoms with Crippen LogP contribution < -0.4 is 5.32 Å². The zero-order chi connectivity index (χ0) is 14.8. The molecule has 3 atom stereocenters. The molecule has 1 aromatic rings. The molecule has 114 valence electrons. The van der Waals surface area contributed by atoms with Crippen molar-refractivity contribution in [2.24, 2.45) is 11.8 Å². The lowest BCUT2D eigenvalue weighted by atomic mass is 9.65. The summed E-state index contributed by atoms with van der Waals surface area (Å²) < 4.78 is 0. The first-order chi connectivity index (χ1) is 9.45. The molecule has 2 rings (SSSR count). The Kier molecular flexibility index (Phi) is 5.30. The van der Waals surface area contributed by atoms with Crippen LogP contribution in [-0.2, 0) is 5.41 Å². The van der Waals surface area contributed by atoms with E-state index < -0.39 is 0 Å². The number of thiophene rings is 1. The molecule has 1 heterocycles. The van der Waals surface area contributed by atoms with Gasteiger partial charge < -0.3 is 5.32 Å². The summed E-state index contributed by atoms with van der Waals surface area (Å²) in [6, 6.07) is 5.33. The van der Waals surface area contributed by atoms with E-state index in [1.807, 2.05) is 11.3 Å². The van der Waals surface area contributed by atoms with Crippen molar-refractivity contribution in [3.05, 3.63) is 21.9 Å². The highest BCUT2D eigenvalue weighted by atomic mass is 32.1. The van der Waals surface area contributed by atoms with Crippen molar-refractivity contribution in [2.45, 2.75) is 71.8 Å². The van der Waals surface area contributed by atoms with Crippen molar-refractivity contribution in [1.29, 1.82) is 0 Å². The van der Waals surface area contributed by atoms with E-state index in [0.717, 1.165) is 18.4 Å². The number of rotatable bonds is 5. The van der Waals surface area contributed by atoms with Crippen LogP contribution in [0, 0.1) is 18.8 Å². The Morgan fingerprint density at radius 3 is 2.65 bits per heavy atom. The van der Waals surface area contributed by atoms with Crippen LogP contribution in [0.4, 0.5) is 0 Å². The normalized spacial score (nSPS) is 27.8. The van der Waals surface area contributed by atoms with Gasteiger partial charge in [0.15, 0.2) is 0 Å². The van der Waals surface area contributed by atoms with E-state index in [0.29, 0.717) is 11.5 Å². The summed E-state index contributed by atoms with van der Waals surface area (Å²) in [7, 11) is 0. The molecule has 1 nitrogen and oxygen atoms in total. The molecular weight excluding hydrogens is 262 g/mol. The van der Waals surface area contributed by atoms with Crippen LogP contribution in [0.3, 0.4) is 0 Å².